The quantitative estimate of drug-likeness (QED) is 0.0199. The Hall–Kier alpha value is -4.97. The number of rotatable bonds is 44. The van der Waals surface area contributed by atoms with Crippen LogP contribution in [0.2, 0.25) is 0 Å². The van der Waals surface area contributed by atoms with Gasteiger partial charge in [-0.25, -0.2) is 0 Å². The number of hydrogen-bond donors (Lipinski definition) is 0. The van der Waals surface area contributed by atoms with E-state index in [0.29, 0.717) is 12.8 Å². The van der Waals surface area contributed by atoms with Gasteiger partial charge in [0.05, 0.1) is 0 Å². The Labute approximate surface area is 409 Å². The van der Waals surface area contributed by atoms with Gasteiger partial charge in [0.1, 0.15) is 13.2 Å². The number of carbonyl (C=O) groups excluding carboxylic acids is 3. The number of allylic oxidation sites excluding steroid dienone is 26. The van der Waals surface area contributed by atoms with Gasteiger partial charge in [-0.2, -0.15) is 0 Å². The molecule has 0 aromatic carbocycles. The summed E-state index contributed by atoms with van der Waals surface area (Å²) in [6.07, 6.45) is 78.0. The lowest BCUT2D eigenvalue weighted by atomic mass is 10.1. The minimum Gasteiger partial charge on any atom is -0.462 e. The fourth-order valence-electron chi connectivity index (χ4n) is 6.30. The molecule has 67 heavy (non-hydrogen) atoms. The molecule has 0 aliphatic rings. The van der Waals surface area contributed by atoms with Gasteiger partial charge in [-0.1, -0.05) is 211 Å². The predicted molar refractivity (Wildman–Crippen MR) is 288 cm³/mol. The molecule has 0 aromatic heterocycles. The normalized spacial score (nSPS) is 13.4. The zero-order chi connectivity index (χ0) is 48.6. The van der Waals surface area contributed by atoms with Crippen molar-refractivity contribution >= 4 is 17.9 Å². The van der Waals surface area contributed by atoms with Crippen molar-refractivity contribution in [3.8, 4) is 0 Å². The number of ether oxygens (including phenoxy) is 3. The van der Waals surface area contributed by atoms with Crippen LogP contribution in [0.15, 0.2) is 158 Å². The van der Waals surface area contributed by atoms with Crippen molar-refractivity contribution in [3.63, 3.8) is 0 Å². The van der Waals surface area contributed by atoms with Crippen molar-refractivity contribution in [3.05, 3.63) is 158 Å². The van der Waals surface area contributed by atoms with Crippen LogP contribution in [0.1, 0.15) is 188 Å². The number of esters is 3. The summed E-state index contributed by atoms with van der Waals surface area (Å²) in [6, 6.07) is 0. The van der Waals surface area contributed by atoms with Gasteiger partial charge in [-0.3, -0.25) is 14.4 Å². The molecule has 0 bridgehead atoms. The fourth-order valence-corrected chi connectivity index (χ4v) is 6.30. The molecular formula is C61H92O6. The first kappa shape index (κ1) is 62.0. The lowest BCUT2D eigenvalue weighted by molar-refractivity contribution is -0.167. The Bertz CT molecular complexity index is 1570. The van der Waals surface area contributed by atoms with Crippen molar-refractivity contribution in [1.82, 2.24) is 0 Å². The highest BCUT2D eigenvalue weighted by molar-refractivity contribution is 5.71. The molecule has 1 atom stereocenters. The summed E-state index contributed by atoms with van der Waals surface area (Å²) in [5.74, 6) is -1.06. The van der Waals surface area contributed by atoms with E-state index < -0.39 is 12.1 Å². The maximum atomic E-state index is 12.8. The largest absolute Gasteiger partial charge is 0.462 e. The monoisotopic (exact) mass is 921 g/mol. The fraction of sp³-hybridized carbons (Fsp3) is 0.525. The van der Waals surface area contributed by atoms with Crippen LogP contribution in [0.3, 0.4) is 0 Å². The van der Waals surface area contributed by atoms with Gasteiger partial charge in [0.15, 0.2) is 6.10 Å². The van der Waals surface area contributed by atoms with Gasteiger partial charge in [-0.15, -0.1) is 0 Å². The first-order valence-electron chi connectivity index (χ1n) is 26.0. The highest BCUT2D eigenvalue weighted by Gasteiger charge is 2.19. The molecule has 1 unspecified atom stereocenters. The Morgan fingerprint density at radius 3 is 1.07 bits per heavy atom. The van der Waals surface area contributed by atoms with E-state index in [9.17, 15) is 14.4 Å². The Balaban J connectivity index is 4.58. The number of unbranched alkanes of at least 4 members (excludes halogenated alkanes) is 10. The Kier molecular flexibility index (Phi) is 49.7. The van der Waals surface area contributed by atoms with E-state index in [-0.39, 0.29) is 38.0 Å². The topological polar surface area (TPSA) is 78.9 Å². The summed E-state index contributed by atoms with van der Waals surface area (Å²) in [7, 11) is 0. The summed E-state index contributed by atoms with van der Waals surface area (Å²) < 4.78 is 16.7. The third-order valence-corrected chi connectivity index (χ3v) is 10.1. The van der Waals surface area contributed by atoms with Crippen molar-refractivity contribution in [2.75, 3.05) is 13.2 Å². The van der Waals surface area contributed by atoms with Gasteiger partial charge in [0.25, 0.3) is 0 Å². The molecular weight excluding hydrogens is 829 g/mol. The minimum absolute atomic E-state index is 0.129. The molecule has 0 heterocycles. The average molecular weight is 921 g/mol. The van der Waals surface area contributed by atoms with Crippen molar-refractivity contribution < 1.29 is 28.6 Å². The van der Waals surface area contributed by atoms with Gasteiger partial charge in [-0.05, 0) is 116 Å². The summed E-state index contributed by atoms with van der Waals surface area (Å²) in [4.78, 5) is 38.0. The molecule has 0 fully saturated rings. The summed E-state index contributed by atoms with van der Waals surface area (Å²) in [5, 5.41) is 0. The molecule has 0 amide bonds. The maximum absolute atomic E-state index is 12.8. The van der Waals surface area contributed by atoms with E-state index in [2.05, 4.69) is 142 Å². The zero-order valence-electron chi connectivity index (χ0n) is 42.3. The van der Waals surface area contributed by atoms with Crippen molar-refractivity contribution in [2.45, 2.75) is 194 Å². The van der Waals surface area contributed by atoms with E-state index in [1.54, 1.807) is 0 Å². The molecule has 0 aliphatic heterocycles. The van der Waals surface area contributed by atoms with E-state index >= 15 is 0 Å². The second kappa shape index (κ2) is 53.6. The number of hydrogen-bond acceptors (Lipinski definition) is 6. The van der Waals surface area contributed by atoms with E-state index in [0.717, 1.165) is 128 Å². The van der Waals surface area contributed by atoms with E-state index in [1.165, 1.54) is 12.8 Å². The Morgan fingerprint density at radius 2 is 0.627 bits per heavy atom. The van der Waals surface area contributed by atoms with Crippen LogP contribution in [-0.2, 0) is 28.6 Å². The molecule has 0 aromatic rings. The molecule has 0 rings (SSSR count). The summed E-state index contributed by atoms with van der Waals surface area (Å²) in [6.45, 7) is 6.14. The zero-order valence-corrected chi connectivity index (χ0v) is 42.3. The lowest BCUT2D eigenvalue weighted by Crippen LogP contribution is -2.30. The maximum Gasteiger partial charge on any atom is 0.306 e. The third kappa shape index (κ3) is 51.9. The highest BCUT2D eigenvalue weighted by atomic mass is 16.6. The second-order valence-electron chi connectivity index (χ2n) is 16.4. The molecule has 0 N–H and O–H groups in total. The van der Waals surface area contributed by atoms with Gasteiger partial charge in [0.2, 0.25) is 0 Å². The molecule has 0 saturated carbocycles. The number of carbonyl (C=O) groups is 3. The van der Waals surface area contributed by atoms with Crippen LogP contribution in [0.5, 0.6) is 0 Å². The van der Waals surface area contributed by atoms with Gasteiger partial charge in [0, 0.05) is 19.3 Å². The first-order valence-corrected chi connectivity index (χ1v) is 26.0. The predicted octanol–water partition coefficient (Wildman–Crippen LogP) is 17.4. The highest BCUT2D eigenvalue weighted by Crippen LogP contribution is 2.12. The van der Waals surface area contributed by atoms with Crippen molar-refractivity contribution in [2.24, 2.45) is 0 Å². The molecule has 6 nitrogen and oxygen atoms in total. The van der Waals surface area contributed by atoms with Crippen LogP contribution in [0.25, 0.3) is 0 Å². The smallest absolute Gasteiger partial charge is 0.306 e. The molecule has 6 heteroatoms. The van der Waals surface area contributed by atoms with Crippen LogP contribution in [0, 0.1) is 0 Å². The van der Waals surface area contributed by atoms with E-state index in [4.69, 9.17) is 14.2 Å². The molecule has 0 saturated heterocycles. The third-order valence-electron chi connectivity index (χ3n) is 10.1. The minimum atomic E-state index is -0.838. The van der Waals surface area contributed by atoms with Gasteiger partial charge < -0.3 is 14.2 Å². The summed E-state index contributed by atoms with van der Waals surface area (Å²) in [5.41, 5.74) is 0. The first-order chi connectivity index (χ1) is 33.0. The van der Waals surface area contributed by atoms with E-state index in [1.807, 2.05) is 36.5 Å². The van der Waals surface area contributed by atoms with Crippen LogP contribution in [0.4, 0.5) is 0 Å². The molecule has 0 spiro atoms. The second-order valence-corrected chi connectivity index (χ2v) is 16.4. The SMILES string of the molecule is CC\C=C/C=C\C=C/C=C\CCCCCC(=O)OCC(COC(=O)CCCCCCCC/C=C\C/C=C\C/C=C\C/C=C\CC)OC(=O)CCC/C=C\C/C=C\C/C=C\C/C=C\C/C=C\CC. The Morgan fingerprint density at radius 1 is 0.313 bits per heavy atom. The summed E-state index contributed by atoms with van der Waals surface area (Å²) >= 11 is 0. The van der Waals surface area contributed by atoms with Crippen LogP contribution < -0.4 is 0 Å². The lowest BCUT2D eigenvalue weighted by Gasteiger charge is -2.18. The van der Waals surface area contributed by atoms with Crippen molar-refractivity contribution in [1.29, 1.82) is 0 Å². The molecule has 372 valence electrons. The molecule has 0 aliphatic carbocycles. The average Bonchev–Trinajstić information content (AvgIpc) is 3.33. The van der Waals surface area contributed by atoms with Gasteiger partial charge >= 0.3 is 17.9 Å². The molecule has 0 radical (unpaired) electrons. The van der Waals surface area contributed by atoms with Crippen LogP contribution in [-0.4, -0.2) is 37.2 Å². The standard InChI is InChI=1S/C61H92O6/c1-4-7-10-13-16-19-22-25-27-29-30-32-33-36-39-42-45-48-51-54-60(63)66-57-58(56-65-59(62)53-50-47-44-41-38-35-24-21-18-15-12-9-6-3)67-61(64)55-52-49-46-43-40-37-34-31-28-26-23-20-17-14-11-8-5-2/h7-12,15-21,24-28,30,32,34-35,37-38,43,46,58H,4-6,13-14,22-23,29,31,33,36,39-42,44-45,47-57H2,1-3H3/b10-7-,11-8-,12-9-,18-15-,19-16-,20-17-,24-21-,27-25-,28-26-,32-30-,37-34-,38-35-,46-43-. The van der Waals surface area contributed by atoms with Crippen LogP contribution >= 0.6 is 0 Å².